The van der Waals surface area contributed by atoms with Crippen LogP contribution >= 0.6 is 0 Å². The van der Waals surface area contributed by atoms with Crippen molar-refractivity contribution in [3.8, 4) is 11.6 Å². The van der Waals surface area contributed by atoms with Crippen molar-refractivity contribution < 1.29 is 9.53 Å². The number of nitrogens with one attached hydrogen (secondary N) is 1. The third kappa shape index (κ3) is 4.36. The van der Waals surface area contributed by atoms with Gasteiger partial charge < -0.3 is 15.0 Å². The molecule has 6 nitrogen and oxygen atoms in total. The maximum absolute atomic E-state index is 12.5. The van der Waals surface area contributed by atoms with Gasteiger partial charge in [0, 0.05) is 37.4 Å². The standard InChI is InChI=1S/C20H20N4O2/c1-15(16-7-6-11-21-14-16)24(2)20(25)23-17-10-12-22-19(13-17)26-18-8-4-3-5-9-18/h3-15H,1-2H3,(H,22,23,25). The van der Waals surface area contributed by atoms with E-state index < -0.39 is 0 Å². The predicted molar refractivity (Wildman–Crippen MR) is 100 cm³/mol. The third-order valence-electron chi connectivity index (χ3n) is 4.02. The summed E-state index contributed by atoms with van der Waals surface area (Å²) < 4.78 is 5.69. The first-order chi connectivity index (χ1) is 12.6. The van der Waals surface area contributed by atoms with E-state index in [2.05, 4.69) is 15.3 Å². The Kier molecular flexibility index (Phi) is 5.43. The Morgan fingerprint density at radius 3 is 2.65 bits per heavy atom. The summed E-state index contributed by atoms with van der Waals surface area (Å²) in [6, 6.07) is 16.2. The van der Waals surface area contributed by atoms with Crippen LogP contribution in [0.3, 0.4) is 0 Å². The topological polar surface area (TPSA) is 67.4 Å². The van der Waals surface area contributed by atoms with Crippen molar-refractivity contribution in [1.29, 1.82) is 0 Å². The number of carbonyl (C=O) groups excluding carboxylic acids is 1. The monoisotopic (exact) mass is 348 g/mol. The second kappa shape index (κ2) is 8.11. The Morgan fingerprint density at radius 1 is 1.12 bits per heavy atom. The molecule has 3 rings (SSSR count). The van der Waals surface area contributed by atoms with Crippen molar-refractivity contribution in [3.05, 3.63) is 78.8 Å². The summed E-state index contributed by atoms with van der Waals surface area (Å²) in [5.74, 6) is 1.10. The second-order valence-electron chi connectivity index (χ2n) is 5.80. The van der Waals surface area contributed by atoms with Gasteiger partial charge >= 0.3 is 6.03 Å². The van der Waals surface area contributed by atoms with Crippen molar-refractivity contribution in [3.63, 3.8) is 0 Å². The van der Waals surface area contributed by atoms with Crippen LogP contribution in [0.15, 0.2) is 73.2 Å². The highest BCUT2D eigenvalue weighted by Crippen LogP contribution is 2.23. The zero-order chi connectivity index (χ0) is 18.4. The van der Waals surface area contributed by atoms with Gasteiger partial charge in [0.2, 0.25) is 5.88 Å². The van der Waals surface area contributed by atoms with Crippen LogP contribution in [0.2, 0.25) is 0 Å². The molecule has 0 radical (unpaired) electrons. The molecule has 0 saturated heterocycles. The lowest BCUT2D eigenvalue weighted by Gasteiger charge is -2.25. The number of aromatic nitrogens is 2. The van der Waals surface area contributed by atoms with E-state index in [1.807, 2.05) is 49.4 Å². The van der Waals surface area contributed by atoms with Crippen LogP contribution in [0.4, 0.5) is 10.5 Å². The van der Waals surface area contributed by atoms with Crippen LogP contribution in [-0.2, 0) is 0 Å². The second-order valence-corrected chi connectivity index (χ2v) is 5.80. The average Bonchev–Trinajstić information content (AvgIpc) is 2.68. The molecule has 2 amide bonds. The van der Waals surface area contributed by atoms with E-state index in [1.165, 1.54) is 0 Å². The minimum Gasteiger partial charge on any atom is -0.439 e. The highest BCUT2D eigenvalue weighted by Gasteiger charge is 2.17. The van der Waals surface area contributed by atoms with Crippen molar-refractivity contribution in [2.45, 2.75) is 13.0 Å². The first kappa shape index (κ1) is 17.4. The van der Waals surface area contributed by atoms with Gasteiger partial charge in [0.1, 0.15) is 5.75 Å². The van der Waals surface area contributed by atoms with E-state index in [0.29, 0.717) is 17.3 Å². The number of anilines is 1. The molecule has 2 aromatic heterocycles. The number of ether oxygens (including phenoxy) is 1. The summed E-state index contributed by atoms with van der Waals surface area (Å²) in [4.78, 5) is 22.4. The molecular formula is C20H20N4O2. The van der Waals surface area contributed by atoms with Crippen LogP contribution < -0.4 is 10.1 Å². The van der Waals surface area contributed by atoms with Gasteiger partial charge in [-0.2, -0.15) is 0 Å². The maximum atomic E-state index is 12.5. The fourth-order valence-electron chi connectivity index (χ4n) is 2.39. The number of nitrogens with zero attached hydrogens (tertiary/aromatic N) is 3. The molecule has 2 heterocycles. The summed E-state index contributed by atoms with van der Waals surface area (Å²) >= 11 is 0. The molecule has 6 heteroatoms. The fourth-order valence-corrected chi connectivity index (χ4v) is 2.39. The smallest absolute Gasteiger partial charge is 0.322 e. The maximum Gasteiger partial charge on any atom is 0.322 e. The highest BCUT2D eigenvalue weighted by molar-refractivity contribution is 5.89. The third-order valence-corrected chi connectivity index (χ3v) is 4.02. The number of amides is 2. The molecule has 0 aliphatic carbocycles. The predicted octanol–water partition coefficient (Wildman–Crippen LogP) is 4.49. The largest absolute Gasteiger partial charge is 0.439 e. The Balaban J connectivity index is 1.66. The minimum atomic E-state index is -0.224. The molecule has 0 bridgehead atoms. The summed E-state index contributed by atoms with van der Waals surface area (Å²) in [5, 5.41) is 2.87. The number of para-hydroxylation sites is 1. The van der Waals surface area contributed by atoms with Crippen LogP contribution in [-0.4, -0.2) is 27.9 Å². The van der Waals surface area contributed by atoms with Crippen molar-refractivity contribution in [2.75, 3.05) is 12.4 Å². The van der Waals surface area contributed by atoms with Gasteiger partial charge in [-0.15, -0.1) is 0 Å². The first-order valence-corrected chi connectivity index (χ1v) is 8.26. The number of carbonyl (C=O) groups is 1. The zero-order valence-corrected chi connectivity index (χ0v) is 14.7. The molecule has 132 valence electrons. The average molecular weight is 348 g/mol. The van der Waals surface area contributed by atoms with E-state index >= 15 is 0 Å². The van der Waals surface area contributed by atoms with Crippen LogP contribution in [0, 0.1) is 0 Å². The van der Waals surface area contributed by atoms with Crippen LogP contribution in [0.25, 0.3) is 0 Å². The van der Waals surface area contributed by atoms with Crippen molar-refractivity contribution in [2.24, 2.45) is 0 Å². The Bertz CT molecular complexity index is 856. The number of pyridine rings is 2. The molecule has 0 aliphatic rings. The van der Waals surface area contributed by atoms with E-state index in [-0.39, 0.29) is 12.1 Å². The molecule has 0 saturated carbocycles. The molecule has 26 heavy (non-hydrogen) atoms. The molecule has 0 fully saturated rings. The SMILES string of the molecule is CC(c1cccnc1)N(C)C(=O)Nc1ccnc(Oc2ccccc2)c1. The van der Waals surface area contributed by atoms with Gasteiger partial charge in [-0.1, -0.05) is 24.3 Å². The van der Waals surface area contributed by atoms with E-state index in [4.69, 9.17) is 4.74 Å². The summed E-state index contributed by atoms with van der Waals surface area (Å²) in [6.07, 6.45) is 5.06. The van der Waals surface area contributed by atoms with Crippen LogP contribution in [0.1, 0.15) is 18.5 Å². The van der Waals surface area contributed by atoms with Gasteiger partial charge in [-0.05, 0) is 36.8 Å². The number of benzene rings is 1. The molecule has 1 unspecified atom stereocenters. The first-order valence-electron chi connectivity index (χ1n) is 8.26. The Hall–Kier alpha value is -3.41. The Morgan fingerprint density at radius 2 is 1.92 bits per heavy atom. The number of rotatable bonds is 5. The fraction of sp³-hybridized carbons (Fsp3) is 0.150. The van der Waals surface area contributed by atoms with E-state index in [9.17, 15) is 4.79 Å². The molecule has 0 aliphatic heterocycles. The van der Waals surface area contributed by atoms with Gasteiger partial charge in [-0.25, -0.2) is 9.78 Å². The van der Waals surface area contributed by atoms with Gasteiger partial charge in [0.05, 0.1) is 6.04 Å². The Labute approximate surface area is 152 Å². The van der Waals surface area contributed by atoms with Gasteiger partial charge in [0.25, 0.3) is 0 Å². The molecule has 1 atom stereocenters. The number of hydrogen-bond donors (Lipinski definition) is 1. The molecular weight excluding hydrogens is 328 g/mol. The summed E-state index contributed by atoms with van der Waals surface area (Å²) in [6.45, 7) is 1.95. The summed E-state index contributed by atoms with van der Waals surface area (Å²) in [5.41, 5.74) is 1.58. The van der Waals surface area contributed by atoms with Crippen molar-refractivity contribution in [1.82, 2.24) is 14.9 Å². The van der Waals surface area contributed by atoms with E-state index in [0.717, 1.165) is 5.56 Å². The molecule has 1 aromatic carbocycles. The molecule has 3 aromatic rings. The van der Waals surface area contributed by atoms with E-state index in [1.54, 1.807) is 42.7 Å². The number of hydrogen-bond acceptors (Lipinski definition) is 4. The normalized spacial score (nSPS) is 11.5. The lowest BCUT2D eigenvalue weighted by molar-refractivity contribution is 0.208. The lowest BCUT2D eigenvalue weighted by Crippen LogP contribution is -2.33. The highest BCUT2D eigenvalue weighted by atomic mass is 16.5. The quantitative estimate of drug-likeness (QED) is 0.737. The van der Waals surface area contributed by atoms with Crippen LogP contribution in [0.5, 0.6) is 11.6 Å². The zero-order valence-electron chi connectivity index (χ0n) is 14.7. The summed E-state index contributed by atoms with van der Waals surface area (Å²) in [7, 11) is 1.75. The molecule has 0 spiro atoms. The lowest BCUT2D eigenvalue weighted by atomic mass is 10.1. The van der Waals surface area contributed by atoms with Gasteiger partial charge in [0.15, 0.2) is 0 Å². The van der Waals surface area contributed by atoms with Crippen molar-refractivity contribution >= 4 is 11.7 Å². The molecule has 1 N–H and O–H groups in total. The minimum absolute atomic E-state index is 0.106. The van der Waals surface area contributed by atoms with Gasteiger partial charge in [-0.3, -0.25) is 4.98 Å². The number of urea groups is 1.